The third-order valence-corrected chi connectivity index (χ3v) is 6.48. The first-order valence-corrected chi connectivity index (χ1v) is 11.9. The largest absolute Gasteiger partial charge is 0.354 e. The molecule has 160 valence electrons. The number of aromatic nitrogens is 2. The van der Waals surface area contributed by atoms with Crippen LogP contribution in [0.2, 0.25) is 0 Å². The lowest BCUT2D eigenvalue weighted by molar-refractivity contribution is -0.125. The number of carbonyl (C=O) groups is 1. The van der Waals surface area contributed by atoms with Crippen molar-refractivity contribution in [3.05, 3.63) is 71.8 Å². The van der Waals surface area contributed by atoms with E-state index in [2.05, 4.69) is 82.1 Å². The Balaban J connectivity index is 1.35. The van der Waals surface area contributed by atoms with E-state index in [4.69, 9.17) is 0 Å². The van der Waals surface area contributed by atoms with Gasteiger partial charge in [-0.2, -0.15) is 0 Å². The van der Waals surface area contributed by atoms with E-state index in [1.54, 1.807) is 11.8 Å². The number of anilines is 1. The highest BCUT2D eigenvalue weighted by Gasteiger charge is 2.26. The summed E-state index contributed by atoms with van der Waals surface area (Å²) in [6, 6.07) is 20.6. The van der Waals surface area contributed by atoms with E-state index in [1.807, 2.05) is 12.1 Å². The standard InChI is InChI=1S/C25H28N4OS/c1-18-5-9-20(10-6-18)23-13-14-24(28-27-23)29-15-3-4-21(17-29)25(30)26-16-19-7-11-22(31-2)12-8-19/h5-14,21H,3-4,15-17H2,1-2H3,(H,26,30)/t21-/m0/s1. The van der Waals surface area contributed by atoms with Crippen molar-refractivity contribution in [3.8, 4) is 11.3 Å². The minimum atomic E-state index is -0.0298. The van der Waals surface area contributed by atoms with E-state index < -0.39 is 0 Å². The summed E-state index contributed by atoms with van der Waals surface area (Å²) < 4.78 is 0. The molecule has 1 fully saturated rings. The van der Waals surface area contributed by atoms with Crippen LogP contribution in [0.5, 0.6) is 0 Å². The van der Waals surface area contributed by atoms with Crippen molar-refractivity contribution in [2.45, 2.75) is 31.2 Å². The Bertz CT molecular complexity index is 1000. The van der Waals surface area contributed by atoms with Gasteiger partial charge < -0.3 is 10.2 Å². The van der Waals surface area contributed by atoms with E-state index in [0.717, 1.165) is 42.0 Å². The van der Waals surface area contributed by atoms with E-state index in [9.17, 15) is 4.79 Å². The highest BCUT2D eigenvalue weighted by Crippen LogP contribution is 2.24. The van der Waals surface area contributed by atoms with Crippen LogP contribution in [0.15, 0.2) is 65.6 Å². The fraction of sp³-hybridized carbons (Fsp3) is 0.320. The average Bonchev–Trinajstić information content (AvgIpc) is 2.83. The molecule has 0 spiro atoms. The Morgan fingerprint density at radius 1 is 1.06 bits per heavy atom. The van der Waals surface area contributed by atoms with E-state index in [0.29, 0.717) is 13.1 Å². The SMILES string of the molecule is CSc1ccc(CNC(=O)[C@H]2CCCN(c3ccc(-c4ccc(C)cc4)nn3)C2)cc1. The van der Waals surface area contributed by atoms with Crippen molar-refractivity contribution in [2.75, 3.05) is 24.2 Å². The number of piperidine rings is 1. The van der Waals surface area contributed by atoms with Gasteiger partial charge in [-0.1, -0.05) is 42.0 Å². The van der Waals surface area contributed by atoms with Crippen LogP contribution in [0, 0.1) is 12.8 Å². The summed E-state index contributed by atoms with van der Waals surface area (Å²) in [5, 5.41) is 12.0. The summed E-state index contributed by atoms with van der Waals surface area (Å²) in [7, 11) is 0. The van der Waals surface area contributed by atoms with Gasteiger partial charge in [-0.25, -0.2) is 0 Å². The van der Waals surface area contributed by atoms with E-state index in [-0.39, 0.29) is 11.8 Å². The molecule has 1 atom stereocenters. The smallest absolute Gasteiger partial charge is 0.225 e. The number of hydrogen-bond acceptors (Lipinski definition) is 5. The van der Waals surface area contributed by atoms with Crippen LogP contribution in [0.3, 0.4) is 0 Å². The molecule has 0 unspecified atom stereocenters. The fourth-order valence-electron chi connectivity index (χ4n) is 3.85. The van der Waals surface area contributed by atoms with Gasteiger partial charge in [0.25, 0.3) is 0 Å². The molecular weight excluding hydrogens is 404 g/mol. The predicted octanol–water partition coefficient (Wildman–Crippen LogP) is 4.71. The van der Waals surface area contributed by atoms with Crippen molar-refractivity contribution in [2.24, 2.45) is 5.92 Å². The molecule has 1 saturated heterocycles. The molecule has 2 aromatic carbocycles. The molecule has 1 aliphatic heterocycles. The van der Waals surface area contributed by atoms with Crippen molar-refractivity contribution >= 4 is 23.5 Å². The molecule has 0 aliphatic carbocycles. The van der Waals surface area contributed by atoms with Crippen LogP contribution in [0.25, 0.3) is 11.3 Å². The van der Waals surface area contributed by atoms with Crippen LogP contribution in [0.4, 0.5) is 5.82 Å². The van der Waals surface area contributed by atoms with Crippen LogP contribution < -0.4 is 10.2 Å². The molecule has 1 N–H and O–H groups in total. The third kappa shape index (κ3) is 5.44. The number of nitrogens with one attached hydrogen (secondary N) is 1. The number of rotatable bonds is 6. The molecule has 3 aromatic rings. The summed E-state index contributed by atoms with van der Waals surface area (Å²) in [4.78, 5) is 16.2. The van der Waals surface area contributed by atoms with Crippen molar-refractivity contribution in [1.29, 1.82) is 0 Å². The molecule has 1 amide bonds. The van der Waals surface area contributed by atoms with Gasteiger partial charge in [0, 0.05) is 30.1 Å². The monoisotopic (exact) mass is 432 g/mol. The first kappa shape index (κ1) is 21.4. The summed E-state index contributed by atoms with van der Waals surface area (Å²) in [5.41, 5.74) is 4.27. The number of carbonyl (C=O) groups excluding carboxylic acids is 1. The quantitative estimate of drug-likeness (QED) is 0.572. The number of amides is 1. The molecule has 31 heavy (non-hydrogen) atoms. The van der Waals surface area contributed by atoms with Crippen LogP contribution >= 0.6 is 11.8 Å². The predicted molar refractivity (Wildman–Crippen MR) is 127 cm³/mol. The number of hydrogen-bond donors (Lipinski definition) is 1. The normalized spacial score (nSPS) is 16.2. The molecule has 1 aliphatic rings. The van der Waals surface area contributed by atoms with E-state index in [1.165, 1.54) is 10.5 Å². The molecule has 0 bridgehead atoms. The Kier molecular flexibility index (Phi) is 6.87. The second-order valence-corrected chi connectivity index (χ2v) is 8.87. The lowest BCUT2D eigenvalue weighted by atomic mass is 9.97. The van der Waals surface area contributed by atoms with Crippen molar-refractivity contribution in [3.63, 3.8) is 0 Å². The van der Waals surface area contributed by atoms with Crippen molar-refractivity contribution < 1.29 is 4.79 Å². The van der Waals surface area contributed by atoms with E-state index >= 15 is 0 Å². The molecule has 0 radical (unpaired) electrons. The minimum absolute atomic E-state index is 0.0298. The molecule has 4 rings (SSSR count). The molecule has 6 heteroatoms. The van der Waals surface area contributed by atoms with Crippen LogP contribution in [0.1, 0.15) is 24.0 Å². The van der Waals surface area contributed by atoms with Crippen molar-refractivity contribution in [1.82, 2.24) is 15.5 Å². The summed E-state index contributed by atoms with van der Waals surface area (Å²) in [6.07, 6.45) is 3.94. The lowest BCUT2D eigenvalue weighted by Gasteiger charge is -2.32. The Morgan fingerprint density at radius 3 is 2.52 bits per heavy atom. The molecule has 5 nitrogen and oxygen atoms in total. The Hall–Kier alpha value is -2.86. The second kappa shape index (κ2) is 9.96. The van der Waals surface area contributed by atoms with Gasteiger partial charge in [-0.15, -0.1) is 22.0 Å². The first-order valence-electron chi connectivity index (χ1n) is 10.7. The van der Waals surface area contributed by atoms with Gasteiger partial charge >= 0.3 is 0 Å². The van der Waals surface area contributed by atoms with Gasteiger partial charge in [-0.05, 0) is 55.9 Å². The summed E-state index contributed by atoms with van der Waals surface area (Å²) in [5.74, 6) is 0.918. The first-order chi connectivity index (χ1) is 15.1. The maximum Gasteiger partial charge on any atom is 0.225 e. The zero-order valence-electron chi connectivity index (χ0n) is 18.0. The number of benzene rings is 2. The number of aryl methyl sites for hydroxylation is 1. The second-order valence-electron chi connectivity index (χ2n) is 7.99. The van der Waals surface area contributed by atoms with Gasteiger partial charge in [0.1, 0.15) is 0 Å². The Labute approximate surface area is 188 Å². The zero-order chi connectivity index (χ0) is 21.6. The summed E-state index contributed by atoms with van der Waals surface area (Å²) in [6.45, 7) is 4.21. The van der Waals surface area contributed by atoms with Gasteiger partial charge in [-0.3, -0.25) is 4.79 Å². The highest BCUT2D eigenvalue weighted by atomic mass is 32.2. The third-order valence-electron chi connectivity index (χ3n) is 5.74. The van der Waals surface area contributed by atoms with Crippen LogP contribution in [-0.2, 0) is 11.3 Å². The zero-order valence-corrected chi connectivity index (χ0v) is 18.9. The lowest BCUT2D eigenvalue weighted by Crippen LogP contribution is -2.43. The fourth-order valence-corrected chi connectivity index (χ4v) is 4.26. The highest BCUT2D eigenvalue weighted by molar-refractivity contribution is 7.98. The Morgan fingerprint density at radius 2 is 1.84 bits per heavy atom. The van der Waals surface area contributed by atoms with Gasteiger partial charge in [0.05, 0.1) is 11.6 Å². The summed E-state index contributed by atoms with van der Waals surface area (Å²) >= 11 is 1.72. The molecule has 0 saturated carbocycles. The van der Waals surface area contributed by atoms with Gasteiger partial charge in [0.2, 0.25) is 5.91 Å². The minimum Gasteiger partial charge on any atom is -0.354 e. The molecule has 2 heterocycles. The maximum atomic E-state index is 12.8. The molecule has 1 aromatic heterocycles. The maximum absolute atomic E-state index is 12.8. The molecular formula is C25H28N4OS. The topological polar surface area (TPSA) is 58.1 Å². The van der Waals surface area contributed by atoms with Gasteiger partial charge in [0.15, 0.2) is 5.82 Å². The van der Waals surface area contributed by atoms with Crippen LogP contribution in [-0.4, -0.2) is 35.4 Å². The number of thioether (sulfide) groups is 1. The average molecular weight is 433 g/mol. The number of nitrogens with zero attached hydrogens (tertiary/aromatic N) is 3.